The third-order valence-corrected chi connectivity index (χ3v) is 3.20. The van der Waals surface area contributed by atoms with Crippen molar-refractivity contribution in [1.29, 1.82) is 0 Å². The Morgan fingerprint density at radius 2 is 1.37 bits per heavy atom. The van der Waals surface area contributed by atoms with E-state index in [2.05, 4.69) is 43.3 Å². The summed E-state index contributed by atoms with van der Waals surface area (Å²) in [5.74, 6) is 0.874. The van der Waals surface area contributed by atoms with Gasteiger partial charge in [-0.25, -0.2) is 0 Å². The van der Waals surface area contributed by atoms with Crippen molar-refractivity contribution in [3.05, 3.63) is 59.7 Å². The fraction of sp³-hybridized carbons (Fsp3) is 0.250. The third-order valence-electron chi connectivity index (χ3n) is 3.20. The van der Waals surface area contributed by atoms with Crippen molar-refractivity contribution in [3.63, 3.8) is 0 Å². The molecule has 100 valence electrons. The van der Waals surface area contributed by atoms with Gasteiger partial charge in [-0.05, 0) is 49.5 Å². The van der Waals surface area contributed by atoms with Crippen LogP contribution in [-0.4, -0.2) is 26.1 Å². The average molecular weight is 256 g/mol. The number of nitrogens with two attached hydrogens (primary N) is 1. The van der Waals surface area contributed by atoms with Crippen LogP contribution in [-0.2, 0) is 0 Å². The predicted molar refractivity (Wildman–Crippen MR) is 79.4 cm³/mol. The molecule has 0 amide bonds. The van der Waals surface area contributed by atoms with Crippen LogP contribution in [0, 0.1) is 0 Å². The van der Waals surface area contributed by atoms with Crippen LogP contribution in [0.3, 0.4) is 0 Å². The normalized spacial score (nSPS) is 12.4. The van der Waals surface area contributed by atoms with Crippen molar-refractivity contribution in [3.8, 4) is 5.75 Å². The molecule has 1 unspecified atom stereocenters. The van der Waals surface area contributed by atoms with E-state index in [1.54, 1.807) is 7.11 Å². The van der Waals surface area contributed by atoms with Gasteiger partial charge in [-0.15, -0.1) is 0 Å². The molecule has 0 saturated heterocycles. The predicted octanol–water partition coefficient (Wildman–Crippen LogP) is 2.93. The highest BCUT2D eigenvalue weighted by Crippen LogP contribution is 2.28. The minimum absolute atomic E-state index is 0.214. The summed E-state index contributed by atoms with van der Waals surface area (Å²) in [5.41, 5.74) is 9.00. The summed E-state index contributed by atoms with van der Waals surface area (Å²) in [4.78, 5) is 2.19. The van der Waals surface area contributed by atoms with Crippen LogP contribution in [0.2, 0.25) is 0 Å². The number of nitrogens with zero attached hydrogens (tertiary/aromatic N) is 1. The van der Waals surface area contributed by atoms with Crippen LogP contribution in [0.4, 0.5) is 5.69 Å². The summed E-state index contributed by atoms with van der Waals surface area (Å²) >= 11 is 0. The van der Waals surface area contributed by atoms with Crippen LogP contribution in [0.25, 0.3) is 0 Å². The summed E-state index contributed by atoms with van der Waals surface area (Å²) in [5, 5.41) is 0. The van der Waals surface area contributed by atoms with Gasteiger partial charge >= 0.3 is 0 Å². The Hall–Kier alpha value is -2.00. The molecule has 0 heterocycles. The Kier molecular flexibility index (Phi) is 4.07. The van der Waals surface area contributed by atoms with Gasteiger partial charge in [0.1, 0.15) is 5.75 Å². The summed E-state index contributed by atoms with van der Waals surface area (Å²) in [7, 11) is 5.83. The Morgan fingerprint density at radius 1 is 0.895 bits per heavy atom. The molecule has 0 spiro atoms. The fourth-order valence-electron chi connectivity index (χ4n) is 2.25. The zero-order chi connectivity index (χ0) is 13.8. The van der Waals surface area contributed by atoms with Gasteiger partial charge in [0.2, 0.25) is 0 Å². The SMILES string of the molecule is COc1ccc(C(c2ccc(N)cc2)N(C)C)cc1. The molecule has 0 fully saturated rings. The van der Waals surface area contributed by atoms with Gasteiger partial charge in [0.05, 0.1) is 13.2 Å². The summed E-state index contributed by atoms with van der Waals surface area (Å²) in [6.07, 6.45) is 0. The Bertz CT molecular complexity index is 517. The number of hydrogen-bond donors (Lipinski definition) is 1. The van der Waals surface area contributed by atoms with Gasteiger partial charge < -0.3 is 10.5 Å². The van der Waals surface area contributed by atoms with Crippen molar-refractivity contribution in [2.24, 2.45) is 0 Å². The Morgan fingerprint density at radius 3 is 1.79 bits per heavy atom. The Labute approximate surface area is 114 Å². The summed E-state index contributed by atoms with van der Waals surface area (Å²) in [6.45, 7) is 0. The van der Waals surface area contributed by atoms with Crippen LogP contribution < -0.4 is 10.5 Å². The van der Waals surface area contributed by atoms with E-state index in [0.29, 0.717) is 0 Å². The number of rotatable bonds is 4. The number of methoxy groups -OCH3 is 1. The standard InChI is InChI=1S/C16H20N2O/c1-18(2)16(12-4-8-14(17)9-5-12)13-6-10-15(19-3)11-7-13/h4-11,16H,17H2,1-3H3. The minimum atomic E-state index is 0.214. The first-order valence-electron chi connectivity index (χ1n) is 6.27. The highest BCUT2D eigenvalue weighted by atomic mass is 16.5. The first-order valence-corrected chi connectivity index (χ1v) is 6.27. The van der Waals surface area contributed by atoms with E-state index in [9.17, 15) is 0 Å². The fourth-order valence-corrected chi connectivity index (χ4v) is 2.25. The highest BCUT2D eigenvalue weighted by molar-refractivity contribution is 5.43. The lowest BCUT2D eigenvalue weighted by molar-refractivity contribution is 0.342. The second-order valence-electron chi connectivity index (χ2n) is 4.81. The smallest absolute Gasteiger partial charge is 0.118 e. The zero-order valence-electron chi connectivity index (χ0n) is 11.6. The van der Waals surface area contributed by atoms with Crippen molar-refractivity contribution in [2.45, 2.75) is 6.04 Å². The molecule has 19 heavy (non-hydrogen) atoms. The van der Waals surface area contributed by atoms with E-state index in [0.717, 1.165) is 11.4 Å². The second-order valence-corrected chi connectivity index (χ2v) is 4.81. The maximum Gasteiger partial charge on any atom is 0.118 e. The van der Waals surface area contributed by atoms with Gasteiger partial charge in [0, 0.05) is 5.69 Å². The van der Waals surface area contributed by atoms with Gasteiger partial charge in [-0.2, -0.15) is 0 Å². The molecule has 3 nitrogen and oxygen atoms in total. The average Bonchev–Trinajstić information content (AvgIpc) is 2.42. The van der Waals surface area contributed by atoms with Crippen molar-refractivity contribution in [1.82, 2.24) is 4.90 Å². The van der Waals surface area contributed by atoms with Gasteiger partial charge in [0.15, 0.2) is 0 Å². The van der Waals surface area contributed by atoms with Crippen LogP contribution >= 0.6 is 0 Å². The number of ether oxygens (including phenoxy) is 1. The highest BCUT2D eigenvalue weighted by Gasteiger charge is 2.16. The van der Waals surface area contributed by atoms with E-state index in [-0.39, 0.29) is 6.04 Å². The maximum atomic E-state index is 5.75. The lowest BCUT2D eigenvalue weighted by Crippen LogP contribution is -2.21. The number of nitrogen functional groups attached to an aromatic ring is 1. The number of benzene rings is 2. The molecular formula is C16H20N2O. The summed E-state index contributed by atoms with van der Waals surface area (Å²) in [6, 6.07) is 16.4. The molecule has 0 radical (unpaired) electrons. The molecule has 0 bridgehead atoms. The lowest BCUT2D eigenvalue weighted by Gasteiger charge is -2.25. The molecule has 0 aliphatic carbocycles. The van der Waals surface area contributed by atoms with Crippen molar-refractivity contribution < 1.29 is 4.74 Å². The molecular weight excluding hydrogens is 236 g/mol. The zero-order valence-corrected chi connectivity index (χ0v) is 11.6. The van der Waals surface area contributed by atoms with Gasteiger partial charge in [-0.1, -0.05) is 24.3 Å². The van der Waals surface area contributed by atoms with Crippen LogP contribution in [0.5, 0.6) is 5.75 Å². The monoisotopic (exact) mass is 256 g/mol. The Balaban J connectivity index is 2.36. The van der Waals surface area contributed by atoms with E-state index in [1.165, 1.54) is 11.1 Å². The molecule has 0 aliphatic rings. The largest absolute Gasteiger partial charge is 0.497 e. The molecule has 2 rings (SSSR count). The van der Waals surface area contributed by atoms with Crippen LogP contribution in [0.1, 0.15) is 17.2 Å². The number of hydrogen-bond acceptors (Lipinski definition) is 3. The van der Waals surface area contributed by atoms with Crippen molar-refractivity contribution >= 4 is 5.69 Å². The first kappa shape index (κ1) is 13.4. The van der Waals surface area contributed by atoms with Gasteiger partial charge in [0.25, 0.3) is 0 Å². The van der Waals surface area contributed by atoms with E-state index < -0.39 is 0 Å². The van der Waals surface area contributed by atoms with Crippen molar-refractivity contribution in [2.75, 3.05) is 26.9 Å². The molecule has 2 aromatic rings. The quantitative estimate of drug-likeness (QED) is 0.855. The first-order chi connectivity index (χ1) is 9.11. The molecule has 3 heteroatoms. The third kappa shape index (κ3) is 3.06. The molecule has 2 N–H and O–H groups in total. The topological polar surface area (TPSA) is 38.5 Å². The lowest BCUT2D eigenvalue weighted by atomic mass is 9.97. The van der Waals surface area contributed by atoms with Crippen LogP contribution in [0.15, 0.2) is 48.5 Å². The number of anilines is 1. The molecule has 1 atom stereocenters. The van der Waals surface area contributed by atoms with E-state index in [1.807, 2.05) is 24.3 Å². The minimum Gasteiger partial charge on any atom is -0.497 e. The maximum absolute atomic E-state index is 5.75. The molecule has 0 saturated carbocycles. The van der Waals surface area contributed by atoms with E-state index >= 15 is 0 Å². The van der Waals surface area contributed by atoms with E-state index in [4.69, 9.17) is 10.5 Å². The summed E-state index contributed by atoms with van der Waals surface area (Å²) < 4.78 is 5.20. The molecule has 0 aliphatic heterocycles. The molecule has 2 aromatic carbocycles. The van der Waals surface area contributed by atoms with Gasteiger partial charge in [-0.3, -0.25) is 4.90 Å². The molecule has 0 aromatic heterocycles. The second kappa shape index (κ2) is 5.76.